The Morgan fingerprint density at radius 1 is 1.31 bits per heavy atom. The average Bonchev–Trinajstić information content (AvgIpc) is 3.16. The predicted octanol–water partition coefficient (Wildman–Crippen LogP) is 4.09. The molecule has 0 bridgehead atoms. The SMILES string of the molecule is CCOc1nc(C)c(Cl)c(C)c1-c1noc(-c2cc(OC)c(O)c([N+](=O)[O-])c2)n1. The summed E-state index contributed by atoms with van der Waals surface area (Å²) in [6.07, 6.45) is 0. The van der Waals surface area contributed by atoms with Gasteiger partial charge in [0.15, 0.2) is 5.75 Å². The zero-order valence-corrected chi connectivity index (χ0v) is 16.8. The molecule has 10 nitrogen and oxygen atoms in total. The predicted molar refractivity (Wildman–Crippen MR) is 103 cm³/mol. The quantitative estimate of drug-likeness (QED) is 0.462. The van der Waals surface area contributed by atoms with Gasteiger partial charge in [0, 0.05) is 6.07 Å². The van der Waals surface area contributed by atoms with Crippen LogP contribution in [0.4, 0.5) is 5.69 Å². The number of phenols is 1. The van der Waals surface area contributed by atoms with E-state index in [-0.39, 0.29) is 23.0 Å². The Morgan fingerprint density at radius 3 is 2.66 bits per heavy atom. The van der Waals surface area contributed by atoms with E-state index < -0.39 is 16.4 Å². The number of nitro groups is 1. The summed E-state index contributed by atoms with van der Waals surface area (Å²) in [4.78, 5) is 19.1. The number of methoxy groups -OCH3 is 1. The molecule has 0 atom stereocenters. The second-order valence-electron chi connectivity index (χ2n) is 5.98. The van der Waals surface area contributed by atoms with E-state index in [2.05, 4.69) is 15.1 Å². The number of rotatable bonds is 6. The van der Waals surface area contributed by atoms with E-state index in [4.69, 9.17) is 25.6 Å². The van der Waals surface area contributed by atoms with Crippen LogP contribution in [0.25, 0.3) is 22.8 Å². The van der Waals surface area contributed by atoms with Gasteiger partial charge in [0.25, 0.3) is 5.89 Å². The molecule has 0 spiro atoms. The molecule has 2 heterocycles. The lowest BCUT2D eigenvalue weighted by Gasteiger charge is -2.12. The fraction of sp³-hybridized carbons (Fsp3) is 0.278. The van der Waals surface area contributed by atoms with Crippen molar-refractivity contribution in [3.8, 4) is 40.2 Å². The van der Waals surface area contributed by atoms with Crippen LogP contribution in [-0.2, 0) is 0 Å². The third-order valence-corrected chi connectivity index (χ3v) is 4.71. The smallest absolute Gasteiger partial charge is 0.315 e. The molecule has 0 aliphatic rings. The second kappa shape index (κ2) is 7.92. The lowest BCUT2D eigenvalue weighted by Crippen LogP contribution is -2.02. The van der Waals surface area contributed by atoms with Gasteiger partial charge in [0.1, 0.15) is 0 Å². The summed E-state index contributed by atoms with van der Waals surface area (Å²) in [5.41, 5.74) is 1.36. The number of hydrogen-bond donors (Lipinski definition) is 1. The van der Waals surface area contributed by atoms with Crippen LogP contribution in [0.1, 0.15) is 18.2 Å². The molecule has 0 radical (unpaired) electrons. The first-order valence-electron chi connectivity index (χ1n) is 8.47. The van der Waals surface area contributed by atoms with Crippen molar-refractivity contribution < 1.29 is 24.0 Å². The molecule has 29 heavy (non-hydrogen) atoms. The number of benzene rings is 1. The molecule has 0 fully saturated rings. The van der Waals surface area contributed by atoms with Crippen molar-refractivity contribution in [1.82, 2.24) is 15.1 Å². The minimum Gasteiger partial charge on any atom is -0.500 e. The highest BCUT2D eigenvalue weighted by Gasteiger charge is 2.25. The fourth-order valence-electron chi connectivity index (χ4n) is 2.76. The monoisotopic (exact) mass is 420 g/mol. The zero-order valence-electron chi connectivity index (χ0n) is 16.0. The molecule has 2 aromatic heterocycles. The van der Waals surface area contributed by atoms with Gasteiger partial charge in [-0.3, -0.25) is 10.1 Å². The van der Waals surface area contributed by atoms with Crippen molar-refractivity contribution >= 4 is 17.3 Å². The number of phenolic OH excluding ortho intramolecular Hbond substituents is 1. The van der Waals surface area contributed by atoms with Crippen LogP contribution in [-0.4, -0.2) is 38.9 Å². The lowest BCUT2D eigenvalue weighted by atomic mass is 10.1. The van der Waals surface area contributed by atoms with E-state index >= 15 is 0 Å². The molecule has 11 heteroatoms. The van der Waals surface area contributed by atoms with Gasteiger partial charge in [-0.15, -0.1) is 0 Å². The highest BCUT2D eigenvalue weighted by molar-refractivity contribution is 6.32. The van der Waals surface area contributed by atoms with E-state index in [1.54, 1.807) is 13.8 Å². The largest absolute Gasteiger partial charge is 0.500 e. The number of nitro benzene ring substituents is 1. The Labute approximate surface area is 170 Å². The number of aromatic nitrogens is 3. The van der Waals surface area contributed by atoms with Gasteiger partial charge in [-0.05, 0) is 32.4 Å². The maximum atomic E-state index is 11.2. The molecular formula is C18H17ClN4O6. The van der Waals surface area contributed by atoms with Crippen molar-refractivity contribution in [1.29, 1.82) is 0 Å². The summed E-state index contributed by atoms with van der Waals surface area (Å²) in [6.45, 7) is 5.71. The van der Waals surface area contributed by atoms with Crippen LogP contribution >= 0.6 is 11.6 Å². The maximum absolute atomic E-state index is 11.2. The van der Waals surface area contributed by atoms with Gasteiger partial charge >= 0.3 is 5.69 Å². The number of nitrogens with zero attached hydrogens (tertiary/aromatic N) is 4. The van der Waals surface area contributed by atoms with Crippen molar-refractivity contribution in [3.05, 3.63) is 38.5 Å². The molecule has 1 aromatic carbocycles. The molecule has 0 saturated heterocycles. The number of ether oxygens (including phenoxy) is 2. The minimum atomic E-state index is -0.736. The Bertz CT molecular complexity index is 1100. The van der Waals surface area contributed by atoms with Crippen molar-refractivity contribution in [2.24, 2.45) is 0 Å². The van der Waals surface area contributed by atoms with E-state index in [9.17, 15) is 15.2 Å². The Morgan fingerprint density at radius 2 is 2.03 bits per heavy atom. The van der Waals surface area contributed by atoms with E-state index in [0.29, 0.717) is 34.3 Å². The Hall–Kier alpha value is -3.40. The lowest BCUT2D eigenvalue weighted by molar-refractivity contribution is -0.385. The van der Waals surface area contributed by atoms with Gasteiger partial charge in [0.05, 0.1) is 40.5 Å². The number of aryl methyl sites for hydroxylation is 1. The zero-order chi connectivity index (χ0) is 21.3. The van der Waals surface area contributed by atoms with Gasteiger partial charge in [-0.2, -0.15) is 4.98 Å². The number of pyridine rings is 1. The first-order valence-corrected chi connectivity index (χ1v) is 8.85. The highest BCUT2D eigenvalue weighted by atomic mass is 35.5. The molecule has 152 valence electrons. The first kappa shape index (κ1) is 20.3. The third-order valence-electron chi connectivity index (χ3n) is 4.15. The third kappa shape index (κ3) is 3.66. The number of halogens is 1. The summed E-state index contributed by atoms with van der Waals surface area (Å²) < 4.78 is 15.9. The molecule has 0 saturated carbocycles. The summed E-state index contributed by atoms with van der Waals surface area (Å²) >= 11 is 6.32. The van der Waals surface area contributed by atoms with E-state index in [0.717, 1.165) is 6.07 Å². The molecule has 0 unspecified atom stereocenters. The van der Waals surface area contributed by atoms with Crippen molar-refractivity contribution in [2.75, 3.05) is 13.7 Å². The van der Waals surface area contributed by atoms with Crippen molar-refractivity contribution in [3.63, 3.8) is 0 Å². The fourth-order valence-corrected chi connectivity index (χ4v) is 2.89. The van der Waals surface area contributed by atoms with Crippen LogP contribution in [0.2, 0.25) is 5.02 Å². The van der Waals surface area contributed by atoms with Crippen LogP contribution in [0, 0.1) is 24.0 Å². The van der Waals surface area contributed by atoms with E-state index in [1.807, 2.05) is 6.92 Å². The van der Waals surface area contributed by atoms with Gasteiger partial charge in [-0.25, -0.2) is 4.98 Å². The van der Waals surface area contributed by atoms with E-state index in [1.165, 1.54) is 13.2 Å². The molecular weight excluding hydrogens is 404 g/mol. The normalized spacial score (nSPS) is 10.8. The molecule has 0 aliphatic carbocycles. The first-order chi connectivity index (χ1) is 13.8. The highest BCUT2D eigenvalue weighted by Crippen LogP contribution is 2.41. The number of aromatic hydroxyl groups is 1. The topological polar surface area (TPSA) is 134 Å². The molecule has 0 amide bonds. The summed E-state index contributed by atoms with van der Waals surface area (Å²) in [7, 11) is 1.28. The summed E-state index contributed by atoms with van der Waals surface area (Å²) in [6, 6.07) is 2.47. The Kier molecular flexibility index (Phi) is 5.55. The molecule has 0 aliphatic heterocycles. The maximum Gasteiger partial charge on any atom is 0.315 e. The van der Waals surface area contributed by atoms with Crippen LogP contribution in [0.15, 0.2) is 16.7 Å². The van der Waals surface area contributed by atoms with Crippen LogP contribution in [0.5, 0.6) is 17.4 Å². The average molecular weight is 421 g/mol. The standard InChI is InChI=1S/C18H17ClN4O6/c1-5-28-18-13(8(2)14(19)9(3)20-18)16-21-17(29-22-16)10-6-11(23(25)26)15(24)12(7-10)27-4/h6-7,24H,5H2,1-4H3. The summed E-state index contributed by atoms with van der Waals surface area (Å²) in [5.74, 6) is -0.247. The molecule has 1 N–H and O–H groups in total. The molecule has 3 aromatic rings. The Balaban J connectivity index is 2.15. The van der Waals surface area contributed by atoms with Gasteiger partial charge in [-0.1, -0.05) is 16.8 Å². The second-order valence-corrected chi connectivity index (χ2v) is 6.35. The minimum absolute atomic E-state index is 0.0139. The number of hydrogen-bond acceptors (Lipinski definition) is 9. The van der Waals surface area contributed by atoms with Crippen molar-refractivity contribution in [2.45, 2.75) is 20.8 Å². The molecule has 3 rings (SSSR count). The van der Waals surface area contributed by atoms with Crippen LogP contribution < -0.4 is 9.47 Å². The van der Waals surface area contributed by atoms with Gasteiger partial charge in [0.2, 0.25) is 17.5 Å². The van der Waals surface area contributed by atoms with Crippen LogP contribution in [0.3, 0.4) is 0 Å². The van der Waals surface area contributed by atoms with Gasteiger partial charge < -0.3 is 19.1 Å². The summed E-state index contributed by atoms with van der Waals surface area (Å²) in [5, 5.41) is 25.5.